The first-order chi connectivity index (χ1) is 5.81. The monoisotopic (exact) mass is 226 g/mol. The standard InChI is InChI=1S/C8H7BrN2O/c1-12-6-2-3-11-7(9)5-10-8(11)4-6/h2-5H,1H3. The van der Waals surface area contributed by atoms with E-state index in [1.165, 1.54) is 0 Å². The maximum Gasteiger partial charge on any atom is 0.141 e. The summed E-state index contributed by atoms with van der Waals surface area (Å²) < 4.78 is 7.94. The van der Waals surface area contributed by atoms with Gasteiger partial charge in [0.25, 0.3) is 0 Å². The lowest BCUT2D eigenvalue weighted by Crippen LogP contribution is -1.87. The van der Waals surface area contributed by atoms with Crippen LogP contribution < -0.4 is 4.74 Å². The largest absolute Gasteiger partial charge is 0.497 e. The summed E-state index contributed by atoms with van der Waals surface area (Å²) in [6, 6.07) is 3.77. The molecule has 0 aliphatic rings. The summed E-state index contributed by atoms with van der Waals surface area (Å²) in [7, 11) is 1.64. The summed E-state index contributed by atoms with van der Waals surface area (Å²) >= 11 is 3.37. The van der Waals surface area contributed by atoms with Crippen molar-refractivity contribution in [3.8, 4) is 5.75 Å². The van der Waals surface area contributed by atoms with Crippen molar-refractivity contribution in [1.82, 2.24) is 9.38 Å². The quantitative estimate of drug-likeness (QED) is 0.745. The molecule has 2 rings (SSSR count). The van der Waals surface area contributed by atoms with Crippen molar-refractivity contribution in [2.75, 3.05) is 7.11 Å². The number of pyridine rings is 1. The molecule has 2 aromatic heterocycles. The molecule has 0 bridgehead atoms. The van der Waals surface area contributed by atoms with Gasteiger partial charge in [-0.3, -0.25) is 4.40 Å². The van der Waals surface area contributed by atoms with E-state index in [0.29, 0.717) is 0 Å². The van der Waals surface area contributed by atoms with Gasteiger partial charge in [-0.05, 0) is 22.0 Å². The van der Waals surface area contributed by atoms with Gasteiger partial charge in [-0.25, -0.2) is 4.98 Å². The average Bonchev–Trinajstić information content (AvgIpc) is 2.47. The van der Waals surface area contributed by atoms with Crippen LogP contribution in [0.3, 0.4) is 0 Å². The number of rotatable bonds is 1. The molecule has 0 aliphatic carbocycles. The van der Waals surface area contributed by atoms with Gasteiger partial charge in [0.1, 0.15) is 16.0 Å². The van der Waals surface area contributed by atoms with Crippen molar-refractivity contribution in [2.45, 2.75) is 0 Å². The molecule has 0 fully saturated rings. The molecule has 2 heterocycles. The van der Waals surface area contributed by atoms with Crippen molar-refractivity contribution < 1.29 is 4.74 Å². The highest BCUT2D eigenvalue weighted by Gasteiger charge is 1.99. The Balaban J connectivity index is 2.69. The van der Waals surface area contributed by atoms with Crippen LogP contribution in [-0.2, 0) is 0 Å². The number of hydrogen-bond donors (Lipinski definition) is 0. The predicted octanol–water partition coefficient (Wildman–Crippen LogP) is 2.11. The highest BCUT2D eigenvalue weighted by molar-refractivity contribution is 9.10. The third-order valence-electron chi connectivity index (χ3n) is 1.68. The van der Waals surface area contributed by atoms with Crippen molar-refractivity contribution in [1.29, 1.82) is 0 Å². The van der Waals surface area contributed by atoms with Gasteiger partial charge in [0.05, 0.1) is 13.3 Å². The fraction of sp³-hybridized carbons (Fsp3) is 0.125. The summed E-state index contributed by atoms with van der Waals surface area (Å²) in [4.78, 5) is 4.16. The van der Waals surface area contributed by atoms with E-state index < -0.39 is 0 Å². The molecule has 12 heavy (non-hydrogen) atoms. The molecule has 4 heteroatoms. The average molecular weight is 227 g/mol. The molecule has 0 saturated heterocycles. The molecule has 0 amide bonds. The van der Waals surface area contributed by atoms with E-state index in [4.69, 9.17) is 4.74 Å². The third-order valence-corrected chi connectivity index (χ3v) is 2.26. The maximum atomic E-state index is 5.06. The first-order valence-corrected chi connectivity index (χ1v) is 4.27. The first kappa shape index (κ1) is 7.61. The number of nitrogens with zero attached hydrogens (tertiary/aromatic N) is 2. The highest BCUT2D eigenvalue weighted by Crippen LogP contribution is 2.17. The predicted molar refractivity (Wildman–Crippen MR) is 49.4 cm³/mol. The molecule has 0 radical (unpaired) electrons. The summed E-state index contributed by atoms with van der Waals surface area (Å²) in [5, 5.41) is 0. The van der Waals surface area contributed by atoms with Crippen LogP contribution in [-0.4, -0.2) is 16.5 Å². The molecule has 3 nitrogen and oxygen atoms in total. The fourth-order valence-corrected chi connectivity index (χ4v) is 1.46. The van der Waals surface area contributed by atoms with Crippen molar-refractivity contribution in [2.24, 2.45) is 0 Å². The van der Waals surface area contributed by atoms with Gasteiger partial charge in [-0.15, -0.1) is 0 Å². The number of methoxy groups -OCH3 is 1. The Morgan fingerprint density at radius 2 is 2.42 bits per heavy atom. The first-order valence-electron chi connectivity index (χ1n) is 3.48. The lowest BCUT2D eigenvalue weighted by molar-refractivity contribution is 0.414. The molecular formula is C8H7BrN2O. The number of fused-ring (bicyclic) bond motifs is 1. The molecule has 0 atom stereocenters. The molecular weight excluding hydrogens is 220 g/mol. The Kier molecular flexibility index (Phi) is 1.77. The SMILES string of the molecule is COc1ccn2c(Br)cnc2c1. The van der Waals surface area contributed by atoms with Crippen LogP contribution in [0, 0.1) is 0 Å². The van der Waals surface area contributed by atoms with Gasteiger partial charge in [-0.1, -0.05) is 0 Å². The molecule has 0 unspecified atom stereocenters. The van der Waals surface area contributed by atoms with Crippen molar-refractivity contribution in [3.63, 3.8) is 0 Å². The van der Waals surface area contributed by atoms with E-state index >= 15 is 0 Å². The Bertz CT molecular complexity index is 410. The Hall–Kier alpha value is -1.03. The van der Waals surface area contributed by atoms with E-state index in [0.717, 1.165) is 16.0 Å². The van der Waals surface area contributed by atoms with Crippen LogP contribution in [0.25, 0.3) is 5.65 Å². The van der Waals surface area contributed by atoms with Gasteiger partial charge in [-0.2, -0.15) is 0 Å². The second kappa shape index (κ2) is 2.79. The zero-order valence-electron chi connectivity index (χ0n) is 6.49. The molecule has 0 saturated carbocycles. The van der Waals surface area contributed by atoms with Gasteiger partial charge in [0.15, 0.2) is 0 Å². The van der Waals surface area contributed by atoms with E-state index in [9.17, 15) is 0 Å². The van der Waals surface area contributed by atoms with Gasteiger partial charge in [0.2, 0.25) is 0 Å². The van der Waals surface area contributed by atoms with Crippen molar-refractivity contribution in [3.05, 3.63) is 29.1 Å². The Morgan fingerprint density at radius 1 is 1.58 bits per heavy atom. The molecule has 2 aromatic rings. The van der Waals surface area contributed by atoms with E-state index in [2.05, 4.69) is 20.9 Å². The number of aromatic nitrogens is 2. The summed E-state index contributed by atoms with van der Waals surface area (Å²) in [6.45, 7) is 0. The zero-order valence-corrected chi connectivity index (χ0v) is 8.08. The fourth-order valence-electron chi connectivity index (χ4n) is 1.06. The molecule has 0 N–H and O–H groups in total. The molecule has 0 spiro atoms. The van der Waals surface area contributed by atoms with Gasteiger partial charge < -0.3 is 4.74 Å². The maximum absolute atomic E-state index is 5.06. The van der Waals surface area contributed by atoms with Crippen LogP contribution in [0.1, 0.15) is 0 Å². The number of hydrogen-bond acceptors (Lipinski definition) is 2. The van der Waals surface area contributed by atoms with Crippen LogP contribution in [0.4, 0.5) is 0 Å². The third kappa shape index (κ3) is 1.08. The van der Waals surface area contributed by atoms with Crippen LogP contribution in [0.15, 0.2) is 29.1 Å². The Labute approximate surface area is 78.1 Å². The summed E-state index contributed by atoms with van der Waals surface area (Å²) in [6.07, 6.45) is 3.67. The topological polar surface area (TPSA) is 26.5 Å². The lowest BCUT2D eigenvalue weighted by atomic mass is 10.4. The van der Waals surface area contributed by atoms with Crippen LogP contribution in [0.2, 0.25) is 0 Å². The second-order valence-electron chi connectivity index (χ2n) is 2.38. The number of halogens is 1. The molecule has 0 aromatic carbocycles. The van der Waals surface area contributed by atoms with Crippen molar-refractivity contribution >= 4 is 21.6 Å². The van der Waals surface area contributed by atoms with Gasteiger partial charge in [0, 0.05) is 12.3 Å². The normalized spacial score (nSPS) is 10.5. The zero-order chi connectivity index (χ0) is 8.55. The molecule has 62 valence electrons. The smallest absolute Gasteiger partial charge is 0.141 e. The highest BCUT2D eigenvalue weighted by atomic mass is 79.9. The van der Waals surface area contributed by atoms with Crippen LogP contribution in [0.5, 0.6) is 5.75 Å². The summed E-state index contributed by atoms with van der Waals surface area (Å²) in [5.41, 5.74) is 0.876. The van der Waals surface area contributed by atoms with E-state index in [1.54, 1.807) is 13.3 Å². The minimum absolute atomic E-state index is 0.820. The summed E-state index contributed by atoms with van der Waals surface area (Å²) in [5.74, 6) is 0.820. The minimum Gasteiger partial charge on any atom is -0.497 e. The van der Waals surface area contributed by atoms with E-state index in [-0.39, 0.29) is 0 Å². The Morgan fingerprint density at radius 3 is 3.17 bits per heavy atom. The van der Waals surface area contributed by atoms with E-state index in [1.807, 2.05) is 22.7 Å². The number of imidazole rings is 1. The lowest BCUT2D eigenvalue weighted by Gasteiger charge is -1.99. The van der Waals surface area contributed by atoms with Crippen LogP contribution >= 0.6 is 15.9 Å². The minimum atomic E-state index is 0.820. The van der Waals surface area contributed by atoms with Gasteiger partial charge >= 0.3 is 0 Å². The number of ether oxygens (including phenoxy) is 1. The molecule has 0 aliphatic heterocycles. The second-order valence-corrected chi connectivity index (χ2v) is 3.19.